The van der Waals surface area contributed by atoms with Crippen LogP contribution in [-0.4, -0.2) is 12.1 Å². The van der Waals surface area contributed by atoms with E-state index in [1.165, 1.54) is 0 Å². The Morgan fingerprint density at radius 1 is 1.44 bits per heavy atom. The first-order valence-electron chi connectivity index (χ1n) is 4.91. The van der Waals surface area contributed by atoms with Crippen molar-refractivity contribution in [3.63, 3.8) is 0 Å². The van der Waals surface area contributed by atoms with Crippen molar-refractivity contribution >= 4 is 11.7 Å². The van der Waals surface area contributed by atoms with Crippen LogP contribution in [0, 0.1) is 11.6 Å². The second-order valence-electron chi connectivity index (χ2n) is 3.48. The predicted molar refractivity (Wildman–Crippen MR) is 55.9 cm³/mol. The van der Waals surface area contributed by atoms with Crippen LogP contribution in [0.4, 0.5) is 14.5 Å². The molecule has 1 aromatic rings. The summed E-state index contributed by atoms with van der Waals surface area (Å²) in [7, 11) is 0. The first-order chi connectivity index (χ1) is 7.45. The van der Waals surface area contributed by atoms with Gasteiger partial charge in [0.1, 0.15) is 0 Å². The molecule has 0 bridgehead atoms. The Labute approximate surface area is 92.2 Å². The molecule has 16 heavy (non-hydrogen) atoms. The van der Waals surface area contributed by atoms with Crippen LogP contribution in [0.5, 0.6) is 0 Å². The summed E-state index contributed by atoms with van der Waals surface area (Å²) in [5, 5.41) is 0. The highest BCUT2D eigenvalue weighted by atomic mass is 19.2. The van der Waals surface area contributed by atoms with Gasteiger partial charge in [-0.3, -0.25) is 0 Å². The highest BCUT2D eigenvalue weighted by molar-refractivity contribution is 5.95. The summed E-state index contributed by atoms with van der Waals surface area (Å²) in [4.78, 5) is 11.5. The zero-order valence-corrected chi connectivity index (χ0v) is 9.09. The second-order valence-corrected chi connectivity index (χ2v) is 3.48. The first-order valence-corrected chi connectivity index (χ1v) is 4.91. The lowest BCUT2D eigenvalue weighted by Gasteiger charge is -2.12. The third kappa shape index (κ3) is 2.68. The van der Waals surface area contributed by atoms with Crippen LogP contribution in [0.25, 0.3) is 0 Å². The molecule has 0 aliphatic heterocycles. The van der Waals surface area contributed by atoms with E-state index in [1.54, 1.807) is 6.92 Å². The van der Waals surface area contributed by atoms with Crippen molar-refractivity contribution in [3.05, 3.63) is 29.3 Å². The number of halogens is 2. The van der Waals surface area contributed by atoms with Gasteiger partial charge in [-0.1, -0.05) is 6.92 Å². The topological polar surface area (TPSA) is 52.3 Å². The minimum Gasteiger partial charge on any atom is -0.459 e. The van der Waals surface area contributed by atoms with Gasteiger partial charge >= 0.3 is 5.97 Å². The first kappa shape index (κ1) is 12.4. The highest BCUT2D eigenvalue weighted by Crippen LogP contribution is 2.18. The predicted octanol–water partition coefficient (Wildman–Crippen LogP) is 2.50. The Hall–Kier alpha value is -1.65. The Balaban J connectivity index is 2.96. The molecule has 0 heterocycles. The Morgan fingerprint density at radius 2 is 2.00 bits per heavy atom. The minimum atomic E-state index is -1.12. The van der Waals surface area contributed by atoms with E-state index >= 15 is 0 Å². The molecule has 0 saturated carbocycles. The van der Waals surface area contributed by atoms with E-state index in [1.807, 2.05) is 6.92 Å². The van der Waals surface area contributed by atoms with Crippen LogP contribution >= 0.6 is 0 Å². The molecular formula is C11H13F2NO2. The number of esters is 1. The summed E-state index contributed by atoms with van der Waals surface area (Å²) in [6, 6.07) is 1.51. The van der Waals surface area contributed by atoms with Crippen molar-refractivity contribution in [3.8, 4) is 0 Å². The van der Waals surface area contributed by atoms with Crippen molar-refractivity contribution in [1.29, 1.82) is 0 Å². The van der Waals surface area contributed by atoms with E-state index < -0.39 is 17.6 Å². The summed E-state index contributed by atoms with van der Waals surface area (Å²) in [6.07, 6.45) is 0.343. The molecule has 1 aromatic carbocycles. The molecule has 0 fully saturated rings. The van der Waals surface area contributed by atoms with Crippen LogP contribution < -0.4 is 5.73 Å². The number of hydrogen-bond donors (Lipinski definition) is 1. The maximum Gasteiger partial charge on any atom is 0.340 e. The molecule has 0 spiro atoms. The largest absolute Gasteiger partial charge is 0.459 e. The van der Waals surface area contributed by atoms with Gasteiger partial charge < -0.3 is 10.5 Å². The molecular weight excluding hydrogens is 216 g/mol. The molecule has 1 rings (SSSR count). The van der Waals surface area contributed by atoms with Crippen LogP contribution in [0.2, 0.25) is 0 Å². The quantitative estimate of drug-likeness (QED) is 0.640. The molecule has 2 N–H and O–H groups in total. The van der Waals surface area contributed by atoms with Crippen LogP contribution in [0.3, 0.4) is 0 Å². The van der Waals surface area contributed by atoms with E-state index in [0.717, 1.165) is 12.1 Å². The number of ether oxygens (including phenoxy) is 1. The van der Waals surface area contributed by atoms with Crippen LogP contribution in [-0.2, 0) is 4.74 Å². The molecule has 0 aliphatic carbocycles. The zero-order chi connectivity index (χ0) is 12.3. The molecule has 0 radical (unpaired) electrons. The van der Waals surface area contributed by atoms with E-state index in [-0.39, 0.29) is 17.4 Å². The highest BCUT2D eigenvalue weighted by Gasteiger charge is 2.17. The fraction of sp³-hybridized carbons (Fsp3) is 0.364. The van der Waals surface area contributed by atoms with E-state index in [9.17, 15) is 13.6 Å². The van der Waals surface area contributed by atoms with E-state index in [0.29, 0.717) is 6.42 Å². The van der Waals surface area contributed by atoms with Gasteiger partial charge in [0.2, 0.25) is 0 Å². The SMILES string of the molecule is CCC(C)OC(=O)c1cc(F)c(F)cc1N. The van der Waals surface area contributed by atoms with Gasteiger partial charge in [0.25, 0.3) is 0 Å². The monoisotopic (exact) mass is 229 g/mol. The summed E-state index contributed by atoms with van der Waals surface area (Å²) < 4.78 is 30.6. The standard InChI is InChI=1S/C11H13F2NO2/c1-3-6(2)16-11(15)7-4-8(12)9(13)5-10(7)14/h4-6H,3,14H2,1-2H3. The maximum absolute atomic E-state index is 12.9. The van der Waals surface area contributed by atoms with E-state index in [2.05, 4.69) is 0 Å². The summed E-state index contributed by atoms with van der Waals surface area (Å²) in [6.45, 7) is 3.54. The number of carbonyl (C=O) groups is 1. The zero-order valence-electron chi connectivity index (χ0n) is 9.09. The van der Waals surface area contributed by atoms with Crippen molar-refractivity contribution in [1.82, 2.24) is 0 Å². The van der Waals surface area contributed by atoms with Crippen molar-refractivity contribution in [2.24, 2.45) is 0 Å². The maximum atomic E-state index is 12.9. The normalized spacial score (nSPS) is 12.2. The van der Waals surface area contributed by atoms with E-state index in [4.69, 9.17) is 10.5 Å². The molecule has 5 heteroatoms. The number of anilines is 1. The Bertz CT molecular complexity index is 407. The molecule has 0 aromatic heterocycles. The lowest BCUT2D eigenvalue weighted by Crippen LogP contribution is -2.16. The number of benzene rings is 1. The van der Waals surface area contributed by atoms with Gasteiger partial charge in [0.15, 0.2) is 11.6 Å². The summed E-state index contributed by atoms with van der Waals surface area (Å²) >= 11 is 0. The van der Waals surface area contributed by atoms with Crippen LogP contribution in [0.1, 0.15) is 30.6 Å². The average molecular weight is 229 g/mol. The van der Waals surface area contributed by atoms with Crippen molar-refractivity contribution in [2.45, 2.75) is 26.4 Å². The van der Waals surface area contributed by atoms with Gasteiger partial charge in [0, 0.05) is 11.8 Å². The van der Waals surface area contributed by atoms with Gasteiger partial charge in [-0.05, 0) is 19.4 Å². The fourth-order valence-electron chi connectivity index (χ4n) is 1.07. The molecule has 0 amide bonds. The van der Waals surface area contributed by atoms with Crippen molar-refractivity contribution in [2.75, 3.05) is 5.73 Å². The van der Waals surface area contributed by atoms with Crippen molar-refractivity contribution < 1.29 is 18.3 Å². The fourth-order valence-corrected chi connectivity index (χ4v) is 1.07. The van der Waals surface area contributed by atoms with Crippen LogP contribution in [0.15, 0.2) is 12.1 Å². The molecule has 1 atom stereocenters. The Morgan fingerprint density at radius 3 is 2.56 bits per heavy atom. The minimum absolute atomic E-state index is 0.132. The second kappa shape index (κ2) is 4.92. The molecule has 0 saturated heterocycles. The number of hydrogen-bond acceptors (Lipinski definition) is 3. The Kier molecular flexibility index (Phi) is 3.82. The lowest BCUT2D eigenvalue weighted by atomic mass is 10.1. The lowest BCUT2D eigenvalue weighted by molar-refractivity contribution is 0.0335. The molecule has 88 valence electrons. The average Bonchev–Trinajstić information content (AvgIpc) is 2.23. The third-order valence-corrected chi connectivity index (χ3v) is 2.20. The van der Waals surface area contributed by atoms with Gasteiger partial charge in [0.05, 0.1) is 11.7 Å². The van der Waals surface area contributed by atoms with Gasteiger partial charge in [-0.25, -0.2) is 13.6 Å². The smallest absolute Gasteiger partial charge is 0.340 e. The molecule has 0 aliphatic rings. The summed E-state index contributed by atoms with van der Waals surface area (Å²) in [5.74, 6) is -2.95. The summed E-state index contributed by atoms with van der Waals surface area (Å²) in [5.41, 5.74) is 5.12. The number of nitrogen functional groups attached to an aromatic ring is 1. The van der Waals surface area contributed by atoms with Gasteiger partial charge in [-0.2, -0.15) is 0 Å². The molecule has 1 unspecified atom stereocenters. The number of rotatable bonds is 3. The number of carbonyl (C=O) groups excluding carboxylic acids is 1. The molecule has 3 nitrogen and oxygen atoms in total. The number of nitrogens with two attached hydrogens (primary N) is 1. The third-order valence-electron chi connectivity index (χ3n) is 2.20. The van der Waals surface area contributed by atoms with Gasteiger partial charge in [-0.15, -0.1) is 0 Å².